The fourth-order valence-corrected chi connectivity index (χ4v) is 3.08. The summed E-state index contributed by atoms with van der Waals surface area (Å²) in [4.78, 5) is 31.8. The standard InChI is InChI=1S/C21H24N4O3/c1-3-28-21(27)18-10-6-7-15(25-18)13-24-19(20(26)22-2)11-14-12-23-17-9-5-4-8-16(14)17/h4-10,12,19,23-24H,3,11,13H2,1-2H3,(H,22,26)/t19-/m0/s1. The molecular weight excluding hydrogens is 356 g/mol. The lowest BCUT2D eigenvalue weighted by atomic mass is 10.0. The molecule has 146 valence electrons. The Morgan fingerprint density at radius 1 is 1.18 bits per heavy atom. The third kappa shape index (κ3) is 4.55. The average Bonchev–Trinajstić information content (AvgIpc) is 3.14. The molecule has 7 nitrogen and oxygen atoms in total. The maximum absolute atomic E-state index is 12.4. The van der Waals surface area contributed by atoms with Gasteiger partial charge in [-0.1, -0.05) is 24.3 Å². The summed E-state index contributed by atoms with van der Waals surface area (Å²) < 4.78 is 4.99. The van der Waals surface area contributed by atoms with Crippen molar-refractivity contribution in [2.24, 2.45) is 0 Å². The number of rotatable bonds is 8. The van der Waals surface area contributed by atoms with Crippen molar-refractivity contribution in [2.45, 2.75) is 25.9 Å². The number of aromatic amines is 1. The molecule has 1 aromatic carbocycles. The predicted molar refractivity (Wildman–Crippen MR) is 107 cm³/mol. The smallest absolute Gasteiger partial charge is 0.356 e. The van der Waals surface area contributed by atoms with Gasteiger partial charge in [0.2, 0.25) is 5.91 Å². The molecule has 0 spiro atoms. The molecule has 2 heterocycles. The van der Waals surface area contributed by atoms with Crippen molar-refractivity contribution in [3.63, 3.8) is 0 Å². The van der Waals surface area contributed by atoms with Crippen LogP contribution in [0.4, 0.5) is 0 Å². The molecule has 2 aromatic heterocycles. The number of para-hydroxylation sites is 1. The van der Waals surface area contributed by atoms with Crippen molar-refractivity contribution in [1.82, 2.24) is 20.6 Å². The first-order chi connectivity index (χ1) is 13.6. The van der Waals surface area contributed by atoms with Crippen molar-refractivity contribution in [3.8, 4) is 0 Å². The number of pyridine rings is 1. The highest BCUT2D eigenvalue weighted by atomic mass is 16.5. The summed E-state index contributed by atoms with van der Waals surface area (Å²) in [6.07, 6.45) is 2.46. The van der Waals surface area contributed by atoms with E-state index in [4.69, 9.17) is 4.74 Å². The van der Waals surface area contributed by atoms with E-state index in [0.29, 0.717) is 25.3 Å². The molecule has 1 amide bonds. The fourth-order valence-electron chi connectivity index (χ4n) is 3.08. The molecule has 0 radical (unpaired) electrons. The second kappa shape index (κ2) is 9.14. The zero-order valence-electron chi connectivity index (χ0n) is 16.0. The summed E-state index contributed by atoms with van der Waals surface area (Å²) in [5.74, 6) is -0.558. The first-order valence-electron chi connectivity index (χ1n) is 9.25. The summed E-state index contributed by atoms with van der Waals surface area (Å²) in [6.45, 7) is 2.40. The number of benzene rings is 1. The Balaban J connectivity index is 1.72. The zero-order valence-corrected chi connectivity index (χ0v) is 16.0. The van der Waals surface area contributed by atoms with Crippen LogP contribution in [0.2, 0.25) is 0 Å². The normalized spacial score (nSPS) is 11.9. The van der Waals surface area contributed by atoms with E-state index < -0.39 is 12.0 Å². The molecule has 3 aromatic rings. The molecule has 0 bridgehead atoms. The molecule has 1 atom stereocenters. The van der Waals surface area contributed by atoms with Gasteiger partial charge in [-0.3, -0.25) is 10.1 Å². The molecule has 0 fully saturated rings. The summed E-state index contributed by atoms with van der Waals surface area (Å²) in [6, 6.07) is 12.7. The van der Waals surface area contributed by atoms with Crippen LogP contribution in [-0.2, 0) is 22.5 Å². The van der Waals surface area contributed by atoms with Crippen LogP contribution < -0.4 is 10.6 Å². The van der Waals surface area contributed by atoms with E-state index in [9.17, 15) is 9.59 Å². The number of carbonyl (C=O) groups is 2. The van der Waals surface area contributed by atoms with Gasteiger partial charge in [-0.15, -0.1) is 0 Å². The van der Waals surface area contributed by atoms with Crippen LogP contribution >= 0.6 is 0 Å². The lowest BCUT2D eigenvalue weighted by Crippen LogP contribution is -2.44. The number of likely N-dealkylation sites (N-methyl/N-ethyl adjacent to an activating group) is 1. The van der Waals surface area contributed by atoms with Gasteiger partial charge in [0.05, 0.1) is 18.3 Å². The fraction of sp³-hybridized carbons (Fsp3) is 0.286. The lowest BCUT2D eigenvalue weighted by molar-refractivity contribution is -0.122. The highest BCUT2D eigenvalue weighted by Crippen LogP contribution is 2.19. The van der Waals surface area contributed by atoms with E-state index in [1.54, 1.807) is 26.1 Å². The SMILES string of the molecule is CCOC(=O)c1cccc(CN[C@@H](Cc2c[nH]c3ccccc23)C(=O)NC)n1. The van der Waals surface area contributed by atoms with Crippen molar-refractivity contribution in [2.75, 3.05) is 13.7 Å². The molecule has 3 rings (SSSR count). The van der Waals surface area contributed by atoms with E-state index in [-0.39, 0.29) is 11.6 Å². The number of hydrogen-bond donors (Lipinski definition) is 3. The Kier molecular flexibility index (Phi) is 6.39. The number of nitrogens with zero attached hydrogens (tertiary/aromatic N) is 1. The van der Waals surface area contributed by atoms with E-state index in [2.05, 4.69) is 20.6 Å². The Morgan fingerprint density at radius 2 is 2.00 bits per heavy atom. The van der Waals surface area contributed by atoms with Gasteiger partial charge in [0.25, 0.3) is 0 Å². The first kappa shape index (κ1) is 19.6. The molecule has 0 aliphatic rings. The van der Waals surface area contributed by atoms with Gasteiger partial charge < -0.3 is 15.0 Å². The van der Waals surface area contributed by atoms with Gasteiger partial charge in [0.1, 0.15) is 5.69 Å². The molecule has 0 aliphatic heterocycles. The second-order valence-electron chi connectivity index (χ2n) is 6.35. The molecular formula is C21H24N4O3. The van der Waals surface area contributed by atoms with E-state index in [1.807, 2.05) is 36.5 Å². The molecule has 0 unspecified atom stereocenters. The lowest BCUT2D eigenvalue weighted by Gasteiger charge is -2.17. The minimum Gasteiger partial charge on any atom is -0.461 e. The quantitative estimate of drug-likeness (QED) is 0.521. The average molecular weight is 380 g/mol. The number of nitrogens with one attached hydrogen (secondary N) is 3. The van der Waals surface area contributed by atoms with Crippen molar-refractivity contribution < 1.29 is 14.3 Å². The van der Waals surface area contributed by atoms with E-state index in [1.165, 1.54) is 0 Å². The van der Waals surface area contributed by atoms with Gasteiger partial charge in [-0.25, -0.2) is 9.78 Å². The highest BCUT2D eigenvalue weighted by molar-refractivity contribution is 5.87. The number of aromatic nitrogens is 2. The number of amides is 1. The van der Waals surface area contributed by atoms with Gasteiger partial charge in [0.15, 0.2) is 0 Å². The topological polar surface area (TPSA) is 96.1 Å². The summed E-state index contributed by atoms with van der Waals surface area (Å²) in [5, 5.41) is 7.05. The molecule has 0 saturated heterocycles. The number of ether oxygens (including phenoxy) is 1. The number of carbonyl (C=O) groups excluding carboxylic acids is 2. The van der Waals surface area contributed by atoms with Crippen LogP contribution in [0.25, 0.3) is 10.9 Å². The maximum atomic E-state index is 12.4. The van der Waals surface area contributed by atoms with Crippen LogP contribution in [0.1, 0.15) is 28.7 Å². The largest absolute Gasteiger partial charge is 0.461 e. The highest BCUT2D eigenvalue weighted by Gasteiger charge is 2.19. The Morgan fingerprint density at radius 3 is 2.79 bits per heavy atom. The van der Waals surface area contributed by atoms with Crippen LogP contribution in [0.15, 0.2) is 48.7 Å². The summed E-state index contributed by atoms with van der Waals surface area (Å²) in [5.41, 5.74) is 3.02. The van der Waals surface area contributed by atoms with Crippen LogP contribution in [-0.4, -0.2) is 41.5 Å². The van der Waals surface area contributed by atoms with Crippen LogP contribution in [0, 0.1) is 0 Å². The summed E-state index contributed by atoms with van der Waals surface area (Å²) in [7, 11) is 1.62. The minimum absolute atomic E-state index is 0.105. The van der Waals surface area contributed by atoms with Crippen LogP contribution in [0.5, 0.6) is 0 Å². The third-order valence-corrected chi connectivity index (χ3v) is 4.48. The van der Waals surface area contributed by atoms with Crippen molar-refractivity contribution in [1.29, 1.82) is 0 Å². The third-order valence-electron chi connectivity index (χ3n) is 4.48. The molecule has 3 N–H and O–H groups in total. The van der Waals surface area contributed by atoms with Gasteiger partial charge >= 0.3 is 5.97 Å². The monoisotopic (exact) mass is 380 g/mol. The maximum Gasteiger partial charge on any atom is 0.356 e. The zero-order chi connectivity index (χ0) is 19.9. The number of hydrogen-bond acceptors (Lipinski definition) is 5. The van der Waals surface area contributed by atoms with Gasteiger partial charge in [0, 0.05) is 30.7 Å². The Bertz CT molecular complexity index is 967. The predicted octanol–water partition coefficient (Wildman–Crippen LogP) is 2.19. The number of H-pyrrole nitrogens is 1. The number of fused-ring (bicyclic) bond motifs is 1. The van der Waals surface area contributed by atoms with Gasteiger partial charge in [-0.05, 0) is 37.1 Å². The second-order valence-corrected chi connectivity index (χ2v) is 6.35. The molecule has 0 aliphatic carbocycles. The van der Waals surface area contributed by atoms with Crippen molar-refractivity contribution in [3.05, 3.63) is 65.6 Å². The van der Waals surface area contributed by atoms with Gasteiger partial charge in [-0.2, -0.15) is 0 Å². The minimum atomic E-state index is -0.453. The number of esters is 1. The first-order valence-corrected chi connectivity index (χ1v) is 9.25. The Labute approximate surface area is 163 Å². The molecule has 0 saturated carbocycles. The van der Waals surface area contributed by atoms with Crippen LogP contribution in [0.3, 0.4) is 0 Å². The molecule has 28 heavy (non-hydrogen) atoms. The Hall–Kier alpha value is -3.19. The summed E-state index contributed by atoms with van der Waals surface area (Å²) >= 11 is 0. The van der Waals surface area contributed by atoms with Crippen molar-refractivity contribution >= 4 is 22.8 Å². The van der Waals surface area contributed by atoms with E-state index >= 15 is 0 Å². The van der Waals surface area contributed by atoms with E-state index in [0.717, 1.165) is 16.5 Å². The molecule has 7 heteroatoms.